The maximum Gasteiger partial charge on any atom is 0.317 e. The van der Waals surface area contributed by atoms with E-state index >= 15 is 0 Å². The van der Waals surface area contributed by atoms with Crippen LogP contribution in [0.1, 0.15) is 24.0 Å². The van der Waals surface area contributed by atoms with Gasteiger partial charge in [0.05, 0.1) is 14.2 Å². The highest BCUT2D eigenvalue weighted by atomic mass is 16.5. The molecule has 108 valence electrons. The predicted octanol–water partition coefficient (Wildman–Crippen LogP) is 3.57. The topological polar surface area (TPSA) is 35.5 Å². The van der Waals surface area contributed by atoms with E-state index in [1.165, 1.54) is 7.11 Å². The fourth-order valence-electron chi connectivity index (χ4n) is 2.46. The zero-order chi connectivity index (χ0) is 15.2. The van der Waals surface area contributed by atoms with Gasteiger partial charge in [-0.15, -0.1) is 13.2 Å². The van der Waals surface area contributed by atoms with Gasteiger partial charge in [0.1, 0.15) is 11.2 Å². The molecule has 0 fully saturated rings. The fourth-order valence-corrected chi connectivity index (χ4v) is 2.46. The molecule has 0 atom stereocenters. The van der Waals surface area contributed by atoms with Gasteiger partial charge in [-0.2, -0.15) is 0 Å². The number of allylic oxidation sites excluding steroid dienone is 2. The number of hydrogen-bond acceptors (Lipinski definition) is 3. The molecule has 0 heterocycles. The molecule has 1 aromatic carbocycles. The molecule has 0 aliphatic carbocycles. The Hall–Kier alpha value is -2.03. The Labute approximate surface area is 120 Å². The lowest BCUT2D eigenvalue weighted by atomic mass is 9.74. The molecule has 0 spiro atoms. The Balaban J connectivity index is 3.56. The largest absolute Gasteiger partial charge is 0.496 e. The van der Waals surface area contributed by atoms with Crippen LogP contribution >= 0.6 is 0 Å². The van der Waals surface area contributed by atoms with E-state index in [1.807, 2.05) is 25.1 Å². The van der Waals surface area contributed by atoms with Crippen molar-refractivity contribution in [1.82, 2.24) is 0 Å². The molecule has 0 aliphatic heterocycles. The van der Waals surface area contributed by atoms with E-state index < -0.39 is 5.41 Å². The molecule has 1 rings (SSSR count). The van der Waals surface area contributed by atoms with Crippen molar-refractivity contribution in [3.63, 3.8) is 0 Å². The Morgan fingerprint density at radius 3 is 2.30 bits per heavy atom. The summed E-state index contributed by atoms with van der Waals surface area (Å²) in [6.45, 7) is 9.51. The van der Waals surface area contributed by atoms with Gasteiger partial charge in [0.15, 0.2) is 0 Å². The number of esters is 1. The van der Waals surface area contributed by atoms with Crippen molar-refractivity contribution < 1.29 is 14.3 Å². The number of carbonyl (C=O) groups is 1. The van der Waals surface area contributed by atoms with Crippen molar-refractivity contribution in [3.8, 4) is 5.75 Å². The Morgan fingerprint density at radius 2 is 1.85 bits per heavy atom. The van der Waals surface area contributed by atoms with E-state index in [0.717, 1.165) is 11.1 Å². The van der Waals surface area contributed by atoms with E-state index in [-0.39, 0.29) is 5.97 Å². The molecule has 3 nitrogen and oxygen atoms in total. The van der Waals surface area contributed by atoms with Crippen LogP contribution in [0.25, 0.3) is 0 Å². The Kier molecular flexibility index (Phi) is 5.56. The zero-order valence-electron chi connectivity index (χ0n) is 12.4. The summed E-state index contributed by atoms with van der Waals surface area (Å²) < 4.78 is 10.4. The van der Waals surface area contributed by atoms with Crippen LogP contribution in [-0.2, 0) is 14.9 Å². The molecular weight excluding hydrogens is 252 g/mol. The summed E-state index contributed by atoms with van der Waals surface area (Å²) in [7, 11) is 2.99. The summed E-state index contributed by atoms with van der Waals surface area (Å²) in [5.74, 6) is 0.367. The minimum Gasteiger partial charge on any atom is -0.496 e. The summed E-state index contributed by atoms with van der Waals surface area (Å²) in [5, 5.41) is 0. The number of ether oxygens (including phenoxy) is 2. The SMILES string of the molecule is C=CCC(CC=C)(C(=O)OC)c1cc(C)ccc1OC. The zero-order valence-corrected chi connectivity index (χ0v) is 12.4. The highest BCUT2D eigenvalue weighted by Gasteiger charge is 2.41. The van der Waals surface area contributed by atoms with Crippen LogP contribution in [-0.4, -0.2) is 20.2 Å². The minimum atomic E-state index is -0.838. The van der Waals surface area contributed by atoms with Gasteiger partial charge < -0.3 is 9.47 Å². The van der Waals surface area contributed by atoms with Crippen LogP contribution in [0.3, 0.4) is 0 Å². The third kappa shape index (κ3) is 2.93. The molecule has 1 aromatic rings. The molecule has 0 saturated heterocycles. The number of rotatable bonds is 7. The van der Waals surface area contributed by atoms with Crippen molar-refractivity contribution in [3.05, 3.63) is 54.6 Å². The molecule has 0 bridgehead atoms. The minimum absolute atomic E-state index is 0.304. The summed E-state index contributed by atoms with van der Waals surface area (Å²) >= 11 is 0. The molecule has 0 aromatic heterocycles. The summed E-state index contributed by atoms with van der Waals surface area (Å²) in [5.41, 5.74) is 1.03. The fraction of sp³-hybridized carbons (Fsp3) is 0.353. The molecule has 0 aliphatic rings. The van der Waals surface area contributed by atoms with Gasteiger partial charge in [0, 0.05) is 5.56 Å². The van der Waals surface area contributed by atoms with Gasteiger partial charge in [0.25, 0.3) is 0 Å². The van der Waals surface area contributed by atoms with Gasteiger partial charge >= 0.3 is 5.97 Å². The normalized spacial score (nSPS) is 10.8. The van der Waals surface area contributed by atoms with Gasteiger partial charge in [0.2, 0.25) is 0 Å². The molecule has 0 radical (unpaired) electrons. The molecule has 20 heavy (non-hydrogen) atoms. The number of carbonyl (C=O) groups excluding carboxylic acids is 1. The Morgan fingerprint density at radius 1 is 1.25 bits per heavy atom. The van der Waals surface area contributed by atoms with Crippen molar-refractivity contribution in [2.75, 3.05) is 14.2 Å². The standard InChI is InChI=1S/C17H22O3/c1-6-10-17(11-7-2,16(18)20-5)14-12-13(3)8-9-15(14)19-4/h6-9,12H,1-2,10-11H2,3-5H3. The van der Waals surface area contributed by atoms with Crippen LogP contribution < -0.4 is 4.74 Å². The van der Waals surface area contributed by atoms with Gasteiger partial charge in [-0.05, 0) is 25.8 Å². The van der Waals surface area contributed by atoms with Crippen LogP contribution in [0.2, 0.25) is 0 Å². The van der Waals surface area contributed by atoms with Gasteiger partial charge in [-0.1, -0.05) is 29.8 Å². The van der Waals surface area contributed by atoms with Crippen LogP contribution in [0.5, 0.6) is 5.75 Å². The maximum atomic E-state index is 12.4. The molecule has 0 saturated carbocycles. The lowest BCUT2D eigenvalue weighted by Crippen LogP contribution is -2.36. The molecular formula is C17H22O3. The second-order valence-electron chi connectivity index (χ2n) is 4.76. The van der Waals surface area contributed by atoms with Gasteiger partial charge in [-0.3, -0.25) is 4.79 Å². The molecule has 0 N–H and O–H groups in total. The number of benzene rings is 1. The first kappa shape index (κ1) is 16.0. The van der Waals surface area contributed by atoms with E-state index in [4.69, 9.17) is 9.47 Å². The summed E-state index contributed by atoms with van der Waals surface area (Å²) in [6, 6.07) is 5.78. The third-order valence-corrected chi connectivity index (χ3v) is 3.43. The van der Waals surface area contributed by atoms with Crippen molar-refractivity contribution >= 4 is 5.97 Å². The van der Waals surface area contributed by atoms with Crippen LogP contribution in [0, 0.1) is 6.92 Å². The molecule has 0 unspecified atom stereocenters. The van der Waals surface area contributed by atoms with E-state index in [9.17, 15) is 4.79 Å². The average molecular weight is 274 g/mol. The van der Waals surface area contributed by atoms with Crippen LogP contribution in [0.4, 0.5) is 0 Å². The highest BCUT2D eigenvalue weighted by Crippen LogP contribution is 2.40. The van der Waals surface area contributed by atoms with E-state index in [0.29, 0.717) is 18.6 Å². The van der Waals surface area contributed by atoms with Crippen LogP contribution in [0.15, 0.2) is 43.5 Å². The lowest BCUT2D eigenvalue weighted by molar-refractivity contribution is -0.147. The quantitative estimate of drug-likeness (QED) is 0.563. The first-order chi connectivity index (χ1) is 9.55. The predicted molar refractivity (Wildman–Crippen MR) is 81.1 cm³/mol. The second-order valence-corrected chi connectivity index (χ2v) is 4.76. The van der Waals surface area contributed by atoms with E-state index in [1.54, 1.807) is 19.3 Å². The monoisotopic (exact) mass is 274 g/mol. The first-order valence-electron chi connectivity index (χ1n) is 6.51. The summed E-state index contributed by atoms with van der Waals surface area (Å²) in [6.07, 6.45) is 4.38. The first-order valence-corrected chi connectivity index (χ1v) is 6.51. The molecule has 0 amide bonds. The highest BCUT2D eigenvalue weighted by molar-refractivity contribution is 5.85. The van der Waals surface area contributed by atoms with E-state index in [2.05, 4.69) is 13.2 Å². The number of aryl methyl sites for hydroxylation is 1. The summed E-state index contributed by atoms with van der Waals surface area (Å²) in [4.78, 5) is 12.4. The Bertz CT molecular complexity index is 493. The average Bonchev–Trinajstić information content (AvgIpc) is 2.46. The second kappa shape index (κ2) is 6.94. The smallest absolute Gasteiger partial charge is 0.317 e. The van der Waals surface area contributed by atoms with Crippen molar-refractivity contribution in [2.24, 2.45) is 0 Å². The van der Waals surface area contributed by atoms with Crippen molar-refractivity contribution in [2.45, 2.75) is 25.2 Å². The van der Waals surface area contributed by atoms with Crippen molar-refractivity contribution in [1.29, 1.82) is 0 Å². The van der Waals surface area contributed by atoms with Gasteiger partial charge in [-0.25, -0.2) is 0 Å². The number of hydrogen-bond donors (Lipinski definition) is 0. The number of methoxy groups -OCH3 is 2. The maximum absolute atomic E-state index is 12.4. The lowest BCUT2D eigenvalue weighted by Gasteiger charge is -2.31. The third-order valence-electron chi connectivity index (χ3n) is 3.43. The molecule has 3 heteroatoms.